The second-order valence-electron chi connectivity index (χ2n) is 9.05. The van der Waals surface area contributed by atoms with Crippen LogP contribution in [0.25, 0.3) is 0 Å². The van der Waals surface area contributed by atoms with E-state index in [1.54, 1.807) is 25.1 Å². The fourth-order valence-electron chi connectivity index (χ4n) is 3.94. The van der Waals surface area contributed by atoms with Crippen molar-refractivity contribution in [1.82, 2.24) is 10.2 Å². The zero-order valence-electron chi connectivity index (χ0n) is 22.0. The Hall–Kier alpha value is -3.27. The lowest BCUT2D eigenvalue weighted by Gasteiger charge is -2.32. The van der Waals surface area contributed by atoms with Crippen LogP contribution >= 0.6 is 0 Å². The van der Waals surface area contributed by atoms with E-state index in [4.69, 9.17) is 9.47 Å². The fourth-order valence-corrected chi connectivity index (χ4v) is 5.00. The van der Waals surface area contributed by atoms with Gasteiger partial charge in [0, 0.05) is 18.7 Å². The summed E-state index contributed by atoms with van der Waals surface area (Å²) in [5.41, 5.74) is 1.32. The quantitative estimate of drug-likeness (QED) is 0.452. The highest BCUT2D eigenvalue weighted by Gasteiger charge is 2.31. The maximum atomic E-state index is 13.7. The number of nitrogens with one attached hydrogen (secondary N) is 1. The van der Waals surface area contributed by atoms with E-state index < -0.39 is 28.5 Å². The van der Waals surface area contributed by atoms with Gasteiger partial charge < -0.3 is 19.7 Å². The molecular formula is C27H37N3O6S. The summed E-state index contributed by atoms with van der Waals surface area (Å²) in [6, 6.07) is 13.6. The number of hydrogen-bond donors (Lipinski definition) is 1. The zero-order chi connectivity index (χ0) is 27.0. The van der Waals surface area contributed by atoms with Crippen molar-refractivity contribution in [1.29, 1.82) is 0 Å². The molecule has 9 nitrogen and oxygen atoms in total. The molecular weight excluding hydrogens is 494 g/mol. The maximum Gasteiger partial charge on any atom is 0.244 e. The van der Waals surface area contributed by atoms with Gasteiger partial charge in [0.15, 0.2) is 11.5 Å². The third-order valence-electron chi connectivity index (χ3n) is 6.45. The lowest BCUT2D eigenvalue weighted by Crippen LogP contribution is -2.53. The molecule has 3 rings (SSSR count). The van der Waals surface area contributed by atoms with Crippen molar-refractivity contribution in [3.8, 4) is 11.5 Å². The number of amides is 2. The van der Waals surface area contributed by atoms with Gasteiger partial charge in [-0.3, -0.25) is 13.9 Å². The first-order valence-electron chi connectivity index (χ1n) is 12.7. The van der Waals surface area contributed by atoms with E-state index in [2.05, 4.69) is 5.32 Å². The summed E-state index contributed by atoms with van der Waals surface area (Å²) < 4.78 is 38.5. The molecule has 0 saturated carbocycles. The van der Waals surface area contributed by atoms with E-state index in [0.717, 1.165) is 16.3 Å². The van der Waals surface area contributed by atoms with Gasteiger partial charge in [-0.1, -0.05) is 37.3 Å². The first-order valence-corrected chi connectivity index (χ1v) is 14.3. The third-order valence-corrected chi connectivity index (χ3v) is 8.19. The van der Waals surface area contributed by atoms with Crippen LogP contribution in [0.3, 0.4) is 0 Å². The SMILES string of the molecule is CC[C@H](C)NC(=O)[C@@H](C)N(CCc1ccccc1)C(=O)CN(c1ccc2c(c1)OCCO2)S(=O)(=O)CC. The Labute approximate surface area is 219 Å². The van der Waals surface area contributed by atoms with Crippen molar-refractivity contribution < 1.29 is 27.5 Å². The molecule has 1 aliphatic heterocycles. The van der Waals surface area contributed by atoms with Gasteiger partial charge in [0.05, 0.1) is 11.4 Å². The molecule has 0 saturated heterocycles. The standard InChI is InChI=1S/C27H37N3O6S/c1-5-20(3)28-27(32)21(4)29(15-14-22-10-8-7-9-11-22)26(31)19-30(37(33,34)6-2)23-12-13-24-25(18-23)36-17-16-35-24/h7-13,18,20-21H,5-6,14-17,19H2,1-4H3,(H,28,32)/t20-,21+/m0/s1. The van der Waals surface area contributed by atoms with Crippen molar-refractivity contribution in [2.24, 2.45) is 0 Å². The van der Waals surface area contributed by atoms with E-state index in [9.17, 15) is 18.0 Å². The Morgan fingerprint density at radius 2 is 1.68 bits per heavy atom. The number of ether oxygens (including phenoxy) is 2. The number of anilines is 1. The molecule has 0 bridgehead atoms. The van der Waals surface area contributed by atoms with Gasteiger partial charge in [0.1, 0.15) is 25.8 Å². The molecule has 0 unspecified atom stereocenters. The van der Waals surface area contributed by atoms with Crippen molar-refractivity contribution in [3.05, 3.63) is 54.1 Å². The van der Waals surface area contributed by atoms with E-state index in [1.807, 2.05) is 44.2 Å². The first-order chi connectivity index (χ1) is 17.7. The van der Waals surface area contributed by atoms with E-state index in [1.165, 1.54) is 11.8 Å². The number of nitrogens with zero attached hydrogens (tertiary/aromatic N) is 2. The summed E-state index contributed by atoms with van der Waals surface area (Å²) in [5.74, 6) is 0.0161. The molecule has 2 atom stereocenters. The van der Waals surface area contributed by atoms with Crippen molar-refractivity contribution >= 4 is 27.5 Å². The molecule has 1 heterocycles. The predicted molar refractivity (Wildman–Crippen MR) is 143 cm³/mol. The molecule has 10 heteroatoms. The molecule has 0 fully saturated rings. The molecule has 0 aromatic heterocycles. The lowest BCUT2D eigenvalue weighted by molar-refractivity contribution is -0.139. The monoisotopic (exact) mass is 531 g/mol. The molecule has 0 aliphatic carbocycles. The number of hydrogen-bond acceptors (Lipinski definition) is 6. The van der Waals surface area contributed by atoms with E-state index in [-0.39, 0.29) is 24.2 Å². The second-order valence-corrected chi connectivity index (χ2v) is 11.2. The highest BCUT2D eigenvalue weighted by molar-refractivity contribution is 7.92. The number of sulfonamides is 1. The average molecular weight is 532 g/mol. The van der Waals surface area contributed by atoms with E-state index >= 15 is 0 Å². The van der Waals surface area contributed by atoms with Crippen molar-refractivity contribution in [2.45, 2.75) is 52.6 Å². The van der Waals surface area contributed by atoms with Crippen LogP contribution < -0.4 is 19.1 Å². The number of benzene rings is 2. The average Bonchev–Trinajstić information content (AvgIpc) is 2.91. The van der Waals surface area contributed by atoms with Crippen molar-refractivity contribution in [2.75, 3.05) is 36.4 Å². The minimum atomic E-state index is -3.82. The van der Waals surface area contributed by atoms with Gasteiger partial charge in [0.25, 0.3) is 0 Å². The summed E-state index contributed by atoms with van der Waals surface area (Å²) in [7, 11) is -3.82. The topological polar surface area (TPSA) is 105 Å². The van der Waals surface area contributed by atoms with Crippen LogP contribution in [0.4, 0.5) is 5.69 Å². The molecule has 2 amide bonds. The van der Waals surface area contributed by atoms with E-state index in [0.29, 0.717) is 36.8 Å². The Morgan fingerprint density at radius 1 is 1.00 bits per heavy atom. The summed E-state index contributed by atoms with van der Waals surface area (Å²) in [6.45, 7) is 7.65. The van der Waals surface area contributed by atoms with Crippen LogP contribution in [0.2, 0.25) is 0 Å². The predicted octanol–water partition coefficient (Wildman–Crippen LogP) is 2.99. The van der Waals surface area contributed by atoms with Crippen LogP contribution in [0.1, 0.15) is 39.7 Å². The minimum Gasteiger partial charge on any atom is -0.486 e. The largest absolute Gasteiger partial charge is 0.486 e. The van der Waals surface area contributed by atoms with Crippen molar-refractivity contribution in [3.63, 3.8) is 0 Å². The molecule has 0 radical (unpaired) electrons. The fraction of sp³-hybridized carbons (Fsp3) is 0.481. The summed E-state index contributed by atoms with van der Waals surface area (Å²) in [4.78, 5) is 28.1. The Balaban J connectivity index is 1.89. The highest BCUT2D eigenvalue weighted by atomic mass is 32.2. The summed E-state index contributed by atoms with van der Waals surface area (Å²) >= 11 is 0. The molecule has 2 aromatic carbocycles. The number of carbonyl (C=O) groups excluding carboxylic acids is 2. The lowest BCUT2D eigenvalue weighted by atomic mass is 10.1. The molecule has 202 valence electrons. The van der Waals surface area contributed by atoms with Crippen LogP contribution in [0.15, 0.2) is 48.5 Å². The summed E-state index contributed by atoms with van der Waals surface area (Å²) in [6.07, 6.45) is 1.28. The number of rotatable bonds is 12. The maximum absolute atomic E-state index is 13.7. The molecule has 0 spiro atoms. The number of carbonyl (C=O) groups is 2. The molecule has 37 heavy (non-hydrogen) atoms. The smallest absolute Gasteiger partial charge is 0.244 e. The zero-order valence-corrected chi connectivity index (χ0v) is 22.8. The Morgan fingerprint density at radius 3 is 2.32 bits per heavy atom. The Kier molecular flexibility index (Phi) is 9.79. The van der Waals surface area contributed by atoms with Crippen LogP contribution in [-0.4, -0.2) is 69.3 Å². The second kappa shape index (κ2) is 12.8. The molecule has 1 N–H and O–H groups in total. The first kappa shape index (κ1) is 28.3. The van der Waals surface area contributed by atoms with Gasteiger partial charge in [0.2, 0.25) is 21.8 Å². The van der Waals surface area contributed by atoms with Gasteiger partial charge in [-0.05, 0) is 51.3 Å². The van der Waals surface area contributed by atoms with Gasteiger partial charge >= 0.3 is 0 Å². The van der Waals surface area contributed by atoms with Gasteiger partial charge in [-0.2, -0.15) is 0 Å². The third kappa shape index (κ3) is 7.38. The van der Waals surface area contributed by atoms with Crippen LogP contribution in [0.5, 0.6) is 11.5 Å². The molecule has 1 aliphatic rings. The minimum absolute atomic E-state index is 0.0456. The van der Waals surface area contributed by atoms with Crippen LogP contribution in [0, 0.1) is 0 Å². The highest BCUT2D eigenvalue weighted by Crippen LogP contribution is 2.35. The van der Waals surface area contributed by atoms with Gasteiger partial charge in [-0.25, -0.2) is 8.42 Å². The van der Waals surface area contributed by atoms with Gasteiger partial charge in [-0.15, -0.1) is 0 Å². The number of fused-ring (bicyclic) bond motifs is 1. The summed E-state index contributed by atoms with van der Waals surface area (Å²) in [5, 5.41) is 2.93. The molecule has 2 aromatic rings. The Bertz CT molecular complexity index is 1170. The normalized spacial score (nSPS) is 14.4. The van der Waals surface area contributed by atoms with Crippen LogP contribution in [-0.2, 0) is 26.0 Å².